The molecule has 0 heterocycles. The summed E-state index contributed by atoms with van der Waals surface area (Å²) in [5.74, 6) is -5.90. The highest BCUT2D eigenvalue weighted by atomic mass is 35.5. The Hall–Kier alpha value is -4.70. The monoisotopic (exact) mass is 510 g/mol. The molecule has 11 heteroatoms. The van der Waals surface area contributed by atoms with Gasteiger partial charge >= 0.3 is 17.9 Å². The summed E-state index contributed by atoms with van der Waals surface area (Å²) in [6, 6.07) is 20.6. The minimum Gasteiger partial charge on any atom is -0.478 e. The second-order valence-corrected chi connectivity index (χ2v) is 7.61. The Morgan fingerprint density at radius 1 is 0.639 bits per heavy atom. The van der Waals surface area contributed by atoms with Crippen molar-refractivity contribution in [3.8, 4) is 0 Å². The molecule has 3 aromatic rings. The molecule has 2 atom stereocenters. The summed E-state index contributed by atoms with van der Waals surface area (Å²) in [7, 11) is 0. The van der Waals surface area contributed by atoms with E-state index in [0.717, 1.165) is 0 Å². The van der Waals surface area contributed by atoms with Crippen molar-refractivity contribution in [2.24, 2.45) is 0 Å². The molecule has 0 radical (unpaired) electrons. The predicted molar refractivity (Wildman–Crippen MR) is 126 cm³/mol. The number of carboxylic acids is 1. The number of esters is 2. The lowest BCUT2D eigenvalue weighted by atomic mass is 10.1. The van der Waals surface area contributed by atoms with Crippen LogP contribution in [0.4, 0.5) is 0 Å². The van der Waals surface area contributed by atoms with Crippen LogP contribution in [-0.4, -0.2) is 47.0 Å². The maximum Gasteiger partial charge on any atom is 0.349 e. The van der Waals surface area contributed by atoms with Crippen molar-refractivity contribution in [1.29, 1.82) is 0 Å². The molecular formula is C25H19ClN2O8. The summed E-state index contributed by atoms with van der Waals surface area (Å²) in [6.07, 6.45) is -4.40. The van der Waals surface area contributed by atoms with Gasteiger partial charge in [-0.25, -0.2) is 14.4 Å². The van der Waals surface area contributed by atoms with E-state index in [9.17, 15) is 29.1 Å². The van der Waals surface area contributed by atoms with Gasteiger partial charge in [0.05, 0.1) is 11.1 Å². The second kappa shape index (κ2) is 12.1. The van der Waals surface area contributed by atoms with E-state index >= 15 is 0 Å². The van der Waals surface area contributed by atoms with Crippen LogP contribution in [0.2, 0.25) is 5.02 Å². The SMILES string of the molecule is O=C(NNC(=O)[C@@H](OC(=O)c1ccccc1)[C@H](OC(=O)c1ccccc1)C(=O)O)c1ccc(Cl)cc1. The molecule has 3 N–H and O–H groups in total. The molecule has 0 aliphatic carbocycles. The number of carbonyl (C=O) groups excluding carboxylic acids is 4. The normalized spacial score (nSPS) is 11.9. The van der Waals surface area contributed by atoms with Crippen LogP contribution in [0.25, 0.3) is 0 Å². The van der Waals surface area contributed by atoms with Gasteiger partial charge in [0.2, 0.25) is 12.2 Å². The highest BCUT2D eigenvalue weighted by Crippen LogP contribution is 2.14. The highest BCUT2D eigenvalue weighted by molar-refractivity contribution is 6.30. The summed E-state index contributed by atoms with van der Waals surface area (Å²) in [4.78, 5) is 62.3. The standard InChI is InChI=1S/C25H19ClN2O8/c26-18-13-11-15(12-14-18)21(29)27-28-22(30)19(35-24(33)16-7-3-1-4-8-16)20(23(31)32)36-25(34)17-9-5-2-6-10-17/h1-14,19-20H,(H,27,29)(H,28,30)(H,31,32)/t19-,20-/m0/s1. The number of hydrogen-bond acceptors (Lipinski definition) is 7. The van der Waals surface area contributed by atoms with Crippen LogP contribution in [0.3, 0.4) is 0 Å². The lowest BCUT2D eigenvalue weighted by Crippen LogP contribution is -2.54. The van der Waals surface area contributed by atoms with Gasteiger partial charge in [0, 0.05) is 10.6 Å². The molecule has 2 amide bonds. The molecule has 184 valence electrons. The summed E-state index contributed by atoms with van der Waals surface area (Å²) in [5, 5.41) is 10.1. The van der Waals surface area contributed by atoms with Gasteiger partial charge in [-0.05, 0) is 48.5 Å². The molecule has 0 saturated heterocycles. The Bertz CT molecular complexity index is 1250. The number of halogens is 1. The van der Waals surface area contributed by atoms with Gasteiger partial charge in [0.15, 0.2) is 0 Å². The first-order chi connectivity index (χ1) is 17.3. The van der Waals surface area contributed by atoms with E-state index in [1.165, 1.54) is 72.8 Å². The number of carboxylic acid groups (broad SMARTS) is 1. The zero-order valence-electron chi connectivity index (χ0n) is 18.4. The van der Waals surface area contributed by atoms with E-state index in [1.54, 1.807) is 12.1 Å². The van der Waals surface area contributed by atoms with E-state index in [1.807, 2.05) is 5.43 Å². The third-order valence-corrected chi connectivity index (χ3v) is 4.92. The number of hydrogen-bond donors (Lipinski definition) is 3. The van der Waals surface area contributed by atoms with Crippen LogP contribution >= 0.6 is 11.6 Å². The molecule has 3 rings (SSSR count). The van der Waals surface area contributed by atoms with Crippen molar-refractivity contribution in [2.45, 2.75) is 12.2 Å². The fourth-order valence-corrected chi connectivity index (χ4v) is 3.00. The van der Waals surface area contributed by atoms with E-state index in [2.05, 4.69) is 5.43 Å². The van der Waals surface area contributed by atoms with Crippen molar-refractivity contribution in [2.75, 3.05) is 0 Å². The first-order valence-electron chi connectivity index (χ1n) is 10.4. The lowest BCUT2D eigenvalue weighted by Gasteiger charge is -2.23. The number of aliphatic carboxylic acids is 1. The van der Waals surface area contributed by atoms with E-state index in [-0.39, 0.29) is 16.7 Å². The van der Waals surface area contributed by atoms with Gasteiger partial charge in [-0.1, -0.05) is 48.0 Å². The number of nitrogens with one attached hydrogen (secondary N) is 2. The molecule has 0 aliphatic rings. The first-order valence-corrected chi connectivity index (χ1v) is 10.7. The summed E-state index contributed by atoms with van der Waals surface area (Å²) in [5.41, 5.74) is 4.23. The third-order valence-electron chi connectivity index (χ3n) is 4.67. The van der Waals surface area contributed by atoms with Gasteiger partial charge in [-0.3, -0.25) is 20.4 Å². The Balaban J connectivity index is 1.82. The minimum absolute atomic E-state index is 0.00772. The molecule has 0 saturated carbocycles. The zero-order valence-corrected chi connectivity index (χ0v) is 19.2. The van der Waals surface area contributed by atoms with Gasteiger partial charge in [-0.2, -0.15) is 0 Å². The fraction of sp³-hybridized carbons (Fsp3) is 0.0800. The number of rotatable bonds is 8. The average molecular weight is 511 g/mol. The van der Waals surface area contributed by atoms with Crippen LogP contribution in [0.15, 0.2) is 84.9 Å². The first kappa shape index (κ1) is 25.9. The molecule has 0 unspecified atom stereocenters. The zero-order chi connectivity index (χ0) is 26.1. The Kier molecular flexibility index (Phi) is 8.73. The van der Waals surface area contributed by atoms with Crippen LogP contribution in [0, 0.1) is 0 Å². The maximum atomic E-state index is 12.9. The highest BCUT2D eigenvalue weighted by Gasteiger charge is 2.41. The number of hydrazine groups is 1. The summed E-state index contributed by atoms with van der Waals surface area (Å²) < 4.78 is 10.2. The second-order valence-electron chi connectivity index (χ2n) is 7.17. The lowest BCUT2D eigenvalue weighted by molar-refractivity contribution is -0.159. The molecule has 0 bridgehead atoms. The van der Waals surface area contributed by atoms with Crippen LogP contribution < -0.4 is 10.9 Å². The van der Waals surface area contributed by atoms with Crippen molar-refractivity contribution in [1.82, 2.24) is 10.9 Å². The quantitative estimate of drug-likeness (QED) is 0.309. The average Bonchev–Trinajstić information content (AvgIpc) is 2.90. The smallest absolute Gasteiger partial charge is 0.349 e. The van der Waals surface area contributed by atoms with Crippen LogP contribution in [-0.2, 0) is 19.1 Å². The Labute approximate surface area is 209 Å². The maximum absolute atomic E-state index is 12.9. The number of carbonyl (C=O) groups is 5. The Morgan fingerprint density at radius 2 is 1.11 bits per heavy atom. The van der Waals surface area contributed by atoms with Gasteiger partial charge in [0.1, 0.15) is 0 Å². The minimum atomic E-state index is -2.24. The third kappa shape index (κ3) is 6.90. The van der Waals surface area contributed by atoms with Gasteiger partial charge in [-0.15, -0.1) is 0 Å². The molecule has 0 spiro atoms. The van der Waals surface area contributed by atoms with E-state index < -0.39 is 41.9 Å². The van der Waals surface area contributed by atoms with Gasteiger partial charge < -0.3 is 14.6 Å². The molecule has 0 aromatic heterocycles. The summed E-state index contributed by atoms with van der Waals surface area (Å²) in [6.45, 7) is 0. The Morgan fingerprint density at radius 3 is 1.58 bits per heavy atom. The van der Waals surface area contributed by atoms with Crippen LogP contribution in [0.5, 0.6) is 0 Å². The molecule has 0 aliphatic heterocycles. The van der Waals surface area contributed by atoms with Crippen LogP contribution in [0.1, 0.15) is 31.1 Å². The van der Waals surface area contributed by atoms with Crippen molar-refractivity contribution >= 4 is 41.3 Å². The van der Waals surface area contributed by atoms with Crippen molar-refractivity contribution < 1.29 is 38.6 Å². The number of amides is 2. The van der Waals surface area contributed by atoms with Crippen molar-refractivity contribution in [3.63, 3.8) is 0 Å². The molecular weight excluding hydrogens is 492 g/mol. The summed E-state index contributed by atoms with van der Waals surface area (Å²) >= 11 is 5.79. The predicted octanol–water partition coefficient (Wildman–Crippen LogP) is 2.64. The van der Waals surface area contributed by atoms with Gasteiger partial charge in [0.25, 0.3) is 11.8 Å². The topological polar surface area (TPSA) is 148 Å². The van der Waals surface area contributed by atoms with E-state index in [4.69, 9.17) is 21.1 Å². The molecule has 0 fully saturated rings. The number of ether oxygens (including phenoxy) is 2. The largest absolute Gasteiger partial charge is 0.478 e. The number of benzene rings is 3. The molecule has 36 heavy (non-hydrogen) atoms. The molecule has 10 nitrogen and oxygen atoms in total. The van der Waals surface area contributed by atoms with Crippen molar-refractivity contribution in [3.05, 3.63) is 107 Å². The molecule has 3 aromatic carbocycles. The fourth-order valence-electron chi connectivity index (χ4n) is 2.87. The van der Waals surface area contributed by atoms with E-state index in [0.29, 0.717) is 5.02 Å².